The van der Waals surface area contributed by atoms with Crippen LogP contribution < -0.4 is 10.6 Å². The molecule has 2 aliphatic heterocycles. The van der Waals surface area contributed by atoms with Crippen molar-refractivity contribution in [2.24, 2.45) is 5.73 Å². The van der Waals surface area contributed by atoms with E-state index in [0.717, 1.165) is 57.2 Å². The topological polar surface area (TPSA) is 54.6 Å². The van der Waals surface area contributed by atoms with Gasteiger partial charge in [0.1, 0.15) is 5.82 Å². The van der Waals surface area contributed by atoms with Crippen LogP contribution in [0.3, 0.4) is 0 Å². The van der Waals surface area contributed by atoms with Gasteiger partial charge in [0.25, 0.3) is 0 Å². The Kier molecular flexibility index (Phi) is 4.41. The van der Waals surface area contributed by atoms with Crippen molar-refractivity contribution in [3.05, 3.63) is 22.8 Å². The fourth-order valence-corrected chi connectivity index (χ4v) is 3.33. The van der Waals surface area contributed by atoms with Gasteiger partial charge in [0.2, 0.25) is 0 Å². The van der Waals surface area contributed by atoms with Gasteiger partial charge in [-0.3, -0.25) is 4.90 Å². The van der Waals surface area contributed by atoms with Crippen molar-refractivity contribution in [3.8, 4) is 0 Å². The maximum Gasteiger partial charge on any atom is 0.147 e. The molecule has 0 aromatic carbocycles. The molecule has 2 aliphatic rings. The second-order valence-electron chi connectivity index (χ2n) is 5.35. The summed E-state index contributed by atoms with van der Waals surface area (Å²) in [7, 11) is 0. The van der Waals surface area contributed by atoms with Gasteiger partial charge in [-0.2, -0.15) is 0 Å². The standard InChI is InChI=1S/C14H21ClN4O/c15-13-11(9-16)1-3-17-14(13)19-4-2-12(10-19)18-5-7-20-8-6-18/h1,3,12H,2,4-10,16H2. The Balaban J connectivity index is 1.70. The highest BCUT2D eigenvalue weighted by Crippen LogP contribution is 2.30. The van der Waals surface area contributed by atoms with E-state index in [2.05, 4.69) is 14.8 Å². The second-order valence-corrected chi connectivity index (χ2v) is 5.73. The first-order valence-corrected chi connectivity index (χ1v) is 7.57. The summed E-state index contributed by atoms with van der Waals surface area (Å²) < 4.78 is 5.42. The summed E-state index contributed by atoms with van der Waals surface area (Å²) in [4.78, 5) is 9.24. The van der Waals surface area contributed by atoms with E-state index in [9.17, 15) is 0 Å². The lowest BCUT2D eigenvalue weighted by Crippen LogP contribution is -2.44. The predicted molar refractivity (Wildman–Crippen MR) is 80.1 cm³/mol. The van der Waals surface area contributed by atoms with E-state index in [4.69, 9.17) is 22.1 Å². The van der Waals surface area contributed by atoms with Crippen LogP contribution in [0.5, 0.6) is 0 Å². The summed E-state index contributed by atoms with van der Waals surface area (Å²) in [6.07, 6.45) is 2.95. The maximum absolute atomic E-state index is 6.40. The lowest BCUT2D eigenvalue weighted by atomic mass is 10.2. The summed E-state index contributed by atoms with van der Waals surface area (Å²) in [5.74, 6) is 0.880. The number of ether oxygens (including phenoxy) is 1. The Morgan fingerprint density at radius 3 is 2.90 bits per heavy atom. The molecular formula is C14H21ClN4O. The monoisotopic (exact) mass is 296 g/mol. The third-order valence-electron chi connectivity index (χ3n) is 4.20. The molecule has 6 heteroatoms. The van der Waals surface area contributed by atoms with Crippen LogP contribution in [0.15, 0.2) is 12.3 Å². The van der Waals surface area contributed by atoms with E-state index in [0.29, 0.717) is 17.6 Å². The average Bonchev–Trinajstić information content (AvgIpc) is 2.98. The largest absolute Gasteiger partial charge is 0.379 e. The van der Waals surface area contributed by atoms with Gasteiger partial charge in [-0.1, -0.05) is 11.6 Å². The fourth-order valence-electron chi connectivity index (χ4n) is 3.02. The molecule has 2 saturated heterocycles. The van der Waals surface area contributed by atoms with Crippen LogP contribution in [0.25, 0.3) is 0 Å². The quantitative estimate of drug-likeness (QED) is 0.905. The first-order valence-electron chi connectivity index (χ1n) is 7.20. The average molecular weight is 297 g/mol. The lowest BCUT2D eigenvalue weighted by molar-refractivity contribution is 0.0209. The van der Waals surface area contributed by atoms with Crippen molar-refractivity contribution in [2.45, 2.75) is 19.0 Å². The molecule has 0 saturated carbocycles. The van der Waals surface area contributed by atoms with E-state index in [1.165, 1.54) is 0 Å². The summed E-state index contributed by atoms with van der Waals surface area (Å²) in [5, 5.41) is 0.706. The second kappa shape index (κ2) is 6.26. The number of aromatic nitrogens is 1. The molecular weight excluding hydrogens is 276 g/mol. The van der Waals surface area contributed by atoms with Crippen molar-refractivity contribution in [2.75, 3.05) is 44.3 Å². The Morgan fingerprint density at radius 2 is 2.15 bits per heavy atom. The summed E-state index contributed by atoms with van der Waals surface area (Å²) >= 11 is 6.40. The van der Waals surface area contributed by atoms with Gasteiger partial charge >= 0.3 is 0 Å². The van der Waals surface area contributed by atoms with E-state index in [1.54, 1.807) is 6.20 Å². The Labute approximate surface area is 124 Å². The van der Waals surface area contributed by atoms with Crippen molar-refractivity contribution >= 4 is 17.4 Å². The molecule has 0 amide bonds. The summed E-state index contributed by atoms with van der Waals surface area (Å²) in [5.41, 5.74) is 6.67. The van der Waals surface area contributed by atoms with Crippen molar-refractivity contribution in [3.63, 3.8) is 0 Å². The van der Waals surface area contributed by atoms with Crippen LogP contribution in [0.1, 0.15) is 12.0 Å². The number of hydrogen-bond donors (Lipinski definition) is 1. The lowest BCUT2D eigenvalue weighted by Gasteiger charge is -2.32. The van der Waals surface area contributed by atoms with Crippen molar-refractivity contribution in [1.29, 1.82) is 0 Å². The first-order chi connectivity index (χ1) is 9.79. The molecule has 1 atom stereocenters. The van der Waals surface area contributed by atoms with Crippen LogP contribution in [-0.2, 0) is 11.3 Å². The molecule has 3 heterocycles. The molecule has 110 valence electrons. The Morgan fingerprint density at radius 1 is 1.35 bits per heavy atom. The number of hydrogen-bond acceptors (Lipinski definition) is 5. The smallest absolute Gasteiger partial charge is 0.147 e. The van der Waals surface area contributed by atoms with Crippen LogP contribution in [-0.4, -0.2) is 55.3 Å². The van der Waals surface area contributed by atoms with E-state index in [-0.39, 0.29) is 0 Å². The molecule has 1 unspecified atom stereocenters. The molecule has 0 aliphatic carbocycles. The number of halogens is 1. The highest BCUT2D eigenvalue weighted by atomic mass is 35.5. The van der Waals surface area contributed by atoms with Crippen LogP contribution in [0.4, 0.5) is 5.82 Å². The third kappa shape index (κ3) is 2.76. The van der Waals surface area contributed by atoms with Gasteiger partial charge in [0.15, 0.2) is 0 Å². The molecule has 2 N–H and O–H groups in total. The first kappa shape index (κ1) is 14.1. The van der Waals surface area contributed by atoms with Gasteiger partial charge in [0.05, 0.1) is 18.2 Å². The molecule has 0 radical (unpaired) electrons. The molecule has 0 spiro atoms. The minimum absolute atomic E-state index is 0.453. The SMILES string of the molecule is NCc1ccnc(N2CCC(N3CCOCC3)C2)c1Cl. The van der Waals surface area contributed by atoms with Crippen LogP contribution >= 0.6 is 11.6 Å². The molecule has 5 nitrogen and oxygen atoms in total. The zero-order chi connectivity index (χ0) is 13.9. The molecule has 1 aromatic heterocycles. The Bertz CT molecular complexity index is 464. The molecule has 20 heavy (non-hydrogen) atoms. The van der Waals surface area contributed by atoms with Crippen molar-refractivity contribution in [1.82, 2.24) is 9.88 Å². The number of anilines is 1. The van der Waals surface area contributed by atoms with Gasteiger partial charge in [-0.25, -0.2) is 4.98 Å². The molecule has 2 fully saturated rings. The third-order valence-corrected chi connectivity index (χ3v) is 4.61. The van der Waals surface area contributed by atoms with Gasteiger partial charge < -0.3 is 15.4 Å². The fraction of sp³-hybridized carbons (Fsp3) is 0.643. The number of nitrogens with two attached hydrogens (primary N) is 1. The minimum Gasteiger partial charge on any atom is -0.379 e. The number of nitrogens with zero attached hydrogens (tertiary/aromatic N) is 3. The summed E-state index contributed by atoms with van der Waals surface area (Å²) in [6, 6.07) is 2.47. The molecule has 0 bridgehead atoms. The number of morpholine rings is 1. The van der Waals surface area contributed by atoms with Crippen molar-refractivity contribution < 1.29 is 4.74 Å². The van der Waals surface area contributed by atoms with Gasteiger partial charge in [-0.15, -0.1) is 0 Å². The minimum atomic E-state index is 0.453. The number of rotatable bonds is 3. The highest BCUT2D eigenvalue weighted by molar-refractivity contribution is 6.33. The van der Waals surface area contributed by atoms with E-state index >= 15 is 0 Å². The maximum atomic E-state index is 6.40. The zero-order valence-electron chi connectivity index (χ0n) is 11.6. The van der Waals surface area contributed by atoms with Crippen LogP contribution in [0, 0.1) is 0 Å². The molecule has 3 rings (SSSR count). The molecule has 1 aromatic rings. The van der Waals surface area contributed by atoms with E-state index < -0.39 is 0 Å². The Hall–Kier alpha value is -0.880. The number of pyridine rings is 1. The van der Waals surface area contributed by atoms with Gasteiger partial charge in [-0.05, 0) is 18.1 Å². The highest BCUT2D eigenvalue weighted by Gasteiger charge is 2.30. The normalized spacial score (nSPS) is 24.3. The zero-order valence-corrected chi connectivity index (χ0v) is 12.4. The van der Waals surface area contributed by atoms with Gasteiger partial charge in [0, 0.05) is 45.0 Å². The van der Waals surface area contributed by atoms with Crippen LogP contribution in [0.2, 0.25) is 5.02 Å². The summed E-state index contributed by atoms with van der Waals surface area (Å²) in [6.45, 7) is 6.19. The predicted octanol–water partition coefficient (Wildman–Crippen LogP) is 1.10. The van der Waals surface area contributed by atoms with E-state index in [1.807, 2.05) is 6.07 Å².